The van der Waals surface area contributed by atoms with Gasteiger partial charge in [-0.2, -0.15) is 0 Å². The lowest BCUT2D eigenvalue weighted by molar-refractivity contribution is 0.415. The molecule has 2 heterocycles. The summed E-state index contributed by atoms with van der Waals surface area (Å²) in [5.74, 6) is 1.71. The zero-order valence-electron chi connectivity index (χ0n) is 12.0. The second kappa shape index (κ2) is 6.14. The third kappa shape index (κ3) is 3.16. The van der Waals surface area contributed by atoms with Crippen molar-refractivity contribution in [1.29, 1.82) is 0 Å². The fourth-order valence-corrected chi connectivity index (χ4v) is 3.10. The summed E-state index contributed by atoms with van der Waals surface area (Å²) in [5, 5.41) is 2.19. The maximum absolute atomic E-state index is 5.28. The highest BCUT2D eigenvalue weighted by atomic mass is 32.2. The zero-order valence-corrected chi connectivity index (χ0v) is 12.9. The van der Waals surface area contributed by atoms with E-state index in [1.807, 2.05) is 24.4 Å². The topological polar surface area (TPSA) is 35.0 Å². The van der Waals surface area contributed by atoms with E-state index in [2.05, 4.69) is 30.1 Å². The summed E-state index contributed by atoms with van der Waals surface area (Å²) in [6.45, 7) is 2.12. The molecule has 0 aliphatic carbocycles. The molecule has 0 atom stereocenters. The smallest absolute Gasteiger partial charge is 0.121 e. The first-order chi connectivity index (χ1) is 10.3. The number of benzene rings is 1. The van der Waals surface area contributed by atoms with Crippen molar-refractivity contribution < 1.29 is 4.74 Å². The molecule has 1 aromatic carbocycles. The van der Waals surface area contributed by atoms with Crippen molar-refractivity contribution in [2.24, 2.45) is 0 Å². The Labute approximate surface area is 128 Å². The number of ether oxygens (including phenoxy) is 1. The first kappa shape index (κ1) is 13.9. The quantitative estimate of drug-likeness (QED) is 0.675. The minimum absolute atomic E-state index is 0.837. The fourth-order valence-electron chi connectivity index (χ4n) is 2.19. The molecular formula is C17H16N2OS. The van der Waals surface area contributed by atoms with Gasteiger partial charge in [0.15, 0.2) is 0 Å². The highest BCUT2D eigenvalue weighted by Gasteiger charge is 2.05. The highest BCUT2D eigenvalue weighted by Crippen LogP contribution is 2.28. The average molecular weight is 296 g/mol. The molecule has 21 heavy (non-hydrogen) atoms. The van der Waals surface area contributed by atoms with Crippen molar-refractivity contribution in [2.75, 3.05) is 7.11 Å². The molecular weight excluding hydrogens is 280 g/mol. The van der Waals surface area contributed by atoms with E-state index < -0.39 is 0 Å². The van der Waals surface area contributed by atoms with E-state index in [1.54, 1.807) is 25.1 Å². The maximum atomic E-state index is 5.28. The van der Waals surface area contributed by atoms with Gasteiger partial charge in [-0.3, -0.25) is 4.98 Å². The van der Waals surface area contributed by atoms with Gasteiger partial charge in [0.05, 0.1) is 17.7 Å². The number of aryl methyl sites for hydroxylation is 1. The van der Waals surface area contributed by atoms with Crippen LogP contribution in [0.3, 0.4) is 0 Å². The van der Waals surface area contributed by atoms with Crippen molar-refractivity contribution in [3.8, 4) is 5.75 Å². The summed E-state index contributed by atoms with van der Waals surface area (Å²) in [5.41, 5.74) is 3.41. The third-order valence-electron chi connectivity index (χ3n) is 3.31. The number of hydrogen-bond donors (Lipinski definition) is 0. The molecule has 0 unspecified atom stereocenters. The summed E-state index contributed by atoms with van der Waals surface area (Å²) in [6, 6.07) is 12.2. The van der Waals surface area contributed by atoms with E-state index in [1.165, 1.54) is 16.5 Å². The average Bonchev–Trinajstić information content (AvgIpc) is 2.53. The van der Waals surface area contributed by atoms with Crippen molar-refractivity contribution in [1.82, 2.24) is 9.97 Å². The zero-order chi connectivity index (χ0) is 14.7. The van der Waals surface area contributed by atoms with Crippen LogP contribution in [0.1, 0.15) is 11.1 Å². The summed E-state index contributed by atoms with van der Waals surface area (Å²) < 4.78 is 5.28. The molecule has 0 aliphatic heterocycles. The van der Waals surface area contributed by atoms with Gasteiger partial charge < -0.3 is 4.74 Å². The first-order valence-corrected chi connectivity index (χ1v) is 7.72. The highest BCUT2D eigenvalue weighted by molar-refractivity contribution is 7.98. The second-order valence-corrected chi connectivity index (χ2v) is 5.81. The maximum Gasteiger partial charge on any atom is 0.121 e. The number of hydrogen-bond acceptors (Lipinski definition) is 4. The molecule has 0 N–H and O–H groups in total. The number of pyridine rings is 2. The number of fused-ring (bicyclic) bond motifs is 1. The van der Waals surface area contributed by atoms with Crippen LogP contribution in [0, 0.1) is 6.92 Å². The van der Waals surface area contributed by atoms with Gasteiger partial charge >= 0.3 is 0 Å². The predicted octanol–water partition coefficient (Wildman–Crippen LogP) is 4.24. The summed E-state index contributed by atoms with van der Waals surface area (Å²) in [4.78, 5) is 8.86. The van der Waals surface area contributed by atoms with Crippen LogP contribution in [0.4, 0.5) is 0 Å². The van der Waals surface area contributed by atoms with E-state index in [9.17, 15) is 0 Å². The fraction of sp³-hybridized carbons (Fsp3) is 0.176. The van der Waals surface area contributed by atoms with Crippen LogP contribution in [0.5, 0.6) is 5.75 Å². The molecule has 106 valence electrons. The van der Waals surface area contributed by atoms with Gasteiger partial charge in [0.1, 0.15) is 5.75 Å². The first-order valence-electron chi connectivity index (χ1n) is 6.73. The number of rotatable bonds is 4. The van der Waals surface area contributed by atoms with Crippen LogP contribution in [-0.4, -0.2) is 17.1 Å². The monoisotopic (exact) mass is 296 g/mol. The van der Waals surface area contributed by atoms with Crippen molar-refractivity contribution in [3.63, 3.8) is 0 Å². The molecule has 0 saturated heterocycles. The molecule has 0 radical (unpaired) electrons. The summed E-state index contributed by atoms with van der Waals surface area (Å²) >= 11 is 1.72. The van der Waals surface area contributed by atoms with Gasteiger partial charge in [-0.05, 0) is 42.3 Å². The molecule has 0 aliphatic rings. The molecule has 3 nitrogen and oxygen atoms in total. The molecule has 0 fully saturated rings. The molecule has 4 heteroatoms. The third-order valence-corrected chi connectivity index (χ3v) is 4.29. The van der Waals surface area contributed by atoms with Crippen molar-refractivity contribution in [2.45, 2.75) is 17.7 Å². The second-order valence-electron chi connectivity index (χ2n) is 4.81. The van der Waals surface area contributed by atoms with Crippen LogP contribution < -0.4 is 4.74 Å². The Balaban J connectivity index is 1.88. The van der Waals surface area contributed by atoms with Gasteiger partial charge in [0.2, 0.25) is 0 Å². The predicted molar refractivity (Wildman–Crippen MR) is 86.8 cm³/mol. The number of nitrogens with zero attached hydrogens (tertiary/aromatic N) is 2. The Bertz CT molecular complexity index is 759. The molecule has 0 amide bonds. The van der Waals surface area contributed by atoms with Crippen LogP contribution in [0.2, 0.25) is 0 Å². The summed E-state index contributed by atoms with van der Waals surface area (Å²) in [6.07, 6.45) is 3.68. The lowest BCUT2D eigenvalue weighted by atomic mass is 10.1. The van der Waals surface area contributed by atoms with Crippen LogP contribution in [0.15, 0.2) is 53.8 Å². The molecule has 0 spiro atoms. The Morgan fingerprint density at radius 2 is 2.10 bits per heavy atom. The van der Waals surface area contributed by atoms with Gasteiger partial charge in [-0.15, -0.1) is 11.8 Å². The molecule has 3 rings (SSSR count). The Morgan fingerprint density at radius 3 is 2.86 bits per heavy atom. The van der Waals surface area contributed by atoms with Crippen molar-refractivity contribution in [3.05, 3.63) is 59.9 Å². The van der Waals surface area contributed by atoms with Gasteiger partial charge in [0, 0.05) is 29.6 Å². The lowest BCUT2D eigenvalue weighted by Gasteiger charge is -2.08. The molecule has 0 saturated carbocycles. The van der Waals surface area contributed by atoms with Gasteiger partial charge in [-0.25, -0.2) is 4.98 Å². The van der Waals surface area contributed by atoms with Crippen molar-refractivity contribution >= 4 is 22.7 Å². The number of thioether (sulfide) groups is 1. The molecule has 3 aromatic rings. The van der Waals surface area contributed by atoms with E-state index in [-0.39, 0.29) is 0 Å². The number of aromatic nitrogens is 2. The summed E-state index contributed by atoms with van der Waals surface area (Å²) in [7, 11) is 1.68. The van der Waals surface area contributed by atoms with Crippen LogP contribution >= 0.6 is 11.8 Å². The SMILES string of the molecule is COc1ccc2c(C)cc(SCc3cccnc3)nc2c1. The minimum Gasteiger partial charge on any atom is -0.497 e. The number of methoxy groups -OCH3 is 1. The molecule has 0 bridgehead atoms. The van der Waals surface area contributed by atoms with E-state index in [0.29, 0.717) is 0 Å². The van der Waals surface area contributed by atoms with E-state index in [0.717, 1.165) is 22.0 Å². The lowest BCUT2D eigenvalue weighted by Crippen LogP contribution is -1.90. The molecule has 2 aromatic heterocycles. The van der Waals surface area contributed by atoms with Gasteiger partial charge in [-0.1, -0.05) is 6.07 Å². The van der Waals surface area contributed by atoms with Gasteiger partial charge in [0.25, 0.3) is 0 Å². The van der Waals surface area contributed by atoms with Crippen LogP contribution in [-0.2, 0) is 5.75 Å². The minimum atomic E-state index is 0.837. The van der Waals surface area contributed by atoms with E-state index in [4.69, 9.17) is 9.72 Å². The van der Waals surface area contributed by atoms with Crippen LogP contribution in [0.25, 0.3) is 10.9 Å². The Morgan fingerprint density at radius 1 is 1.19 bits per heavy atom. The Hall–Kier alpha value is -2.07. The van der Waals surface area contributed by atoms with E-state index >= 15 is 0 Å². The standard InChI is InChI=1S/C17H16N2OS/c1-12-8-17(21-11-13-4-3-7-18-10-13)19-16-9-14(20-2)5-6-15(12)16/h3-10H,11H2,1-2H3. The Kier molecular flexibility index (Phi) is 4.06. The normalized spacial score (nSPS) is 10.8. The largest absolute Gasteiger partial charge is 0.497 e.